The Morgan fingerprint density at radius 2 is 2.23 bits per heavy atom. The Kier molecular flexibility index (Phi) is 7.63. The lowest BCUT2D eigenvalue weighted by atomic mass is 10.0. The maximum absolute atomic E-state index is 11.1. The van der Waals surface area contributed by atoms with E-state index in [2.05, 4.69) is 12.2 Å². The van der Waals surface area contributed by atoms with E-state index >= 15 is 0 Å². The molecule has 0 aliphatic carbocycles. The van der Waals surface area contributed by atoms with Crippen molar-refractivity contribution < 1.29 is 9.90 Å². The Balaban J connectivity index is 3.34. The molecule has 4 nitrogen and oxygen atoms in total. The first-order valence-electron chi connectivity index (χ1n) is 4.78. The van der Waals surface area contributed by atoms with Crippen LogP contribution in [0.25, 0.3) is 0 Å². The van der Waals surface area contributed by atoms with Gasteiger partial charge in [-0.25, -0.2) is 0 Å². The van der Waals surface area contributed by atoms with E-state index in [1.807, 2.05) is 0 Å². The monoisotopic (exact) mass is 188 g/mol. The fraction of sp³-hybridized carbons (Fsp3) is 0.889. The molecular weight excluding hydrogens is 168 g/mol. The number of nitrogens with one attached hydrogen (secondary N) is 1. The highest BCUT2D eigenvalue weighted by Gasteiger charge is 2.04. The molecule has 0 aromatic rings. The van der Waals surface area contributed by atoms with Crippen LogP contribution in [0.3, 0.4) is 0 Å². The van der Waals surface area contributed by atoms with Crippen LogP contribution >= 0.6 is 0 Å². The standard InChI is InChI=1S/C9H20N2O2/c1-8(4-5-10)2-3-9(13)11-6-7-12/h8,12H,2-7,10H2,1H3,(H,11,13). The highest BCUT2D eigenvalue weighted by molar-refractivity contribution is 5.75. The van der Waals surface area contributed by atoms with E-state index < -0.39 is 0 Å². The summed E-state index contributed by atoms with van der Waals surface area (Å²) in [7, 11) is 0. The summed E-state index contributed by atoms with van der Waals surface area (Å²) >= 11 is 0. The van der Waals surface area contributed by atoms with Crippen LogP contribution in [0.2, 0.25) is 0 Å². The van der Waals surface area contributed by atoms with E-state index in [4.69, 9.17) is 10.8 Å². The first kappa shape index (κ1) is 12.4. The largest absolute Gasteiger partial charge is 0.395 e. The van der Waals surface area contributed by atoms with Crippen molar-refractivity contribution in [3.8, 4) is 0 Å². The molecule has 0 aromatic heterocycles. The van der Waals surface area contributed by atoms with E-state index in [1.54, 1.807) is 0 Å². The molecule has 0 heterocycles. The quantitative estimate of drug-likeness (QED) is 0.520. The van der Waals surface area contributed by atoms with Gasteiger partial charge >= 0.3 is 0 Å². The van der Waals surface area contributed by atoms with E-state index in [-0.39, 0.29) is 12.5 Å². The Bertz CT molecular complexity index is 140. The first-order valence-corrected chi connectivity index (χ1v) is 4.78. The molecule has 13 heavy (non-hydrogen) atoms. The number of carbonyl (C=O) groups is 1. The van der Waals surface area contributed by atoms with Crippen LogP contribution < -0.4 is 11.1 Å². The molecule has 0 aromatic carbocycles. The Hall–Kier alpha value is -0.610. The van der Waals surface area contributed by atoms with Gasteiger partial charge in [0.05, 0.1) is 6.61 Å². The number of rotatable bonds is 7. The third kappa shape index (κ3) is 7.74. The van der Waals surface area contributed by atoms with Gasteiger partial charge in [-0.1, -0.05) is 6.92 Å². The summed E-state index contributed by atoms with van der Waals surface area (Å²) in [6, 6.07) is 0. The van der Waals surface area contributed by atoms with Gasteiger partial charge in [0.1, 0.15) is 0 Å². The normalized spacial score (nSPS) is 12.5. The van der Waals surface area contributed by atoms with E-state index in [0.29, 0.717) is 25.4 Å². The average Bonchev–Trinajstić information content (AvgIpc) is 2.12. The molecule has 4 N–H and O–H groups in total. The highest BCUT2D eigenvalue weighted by atomic mass is 16.3. The SMILES string of the molecule is CC(CCN)CCC(=O)NCCO. The number of hydrogen-bond acceptors (Lipinski definition) is 3. The van der Waals surface area contributed by atoms with Crippen LogP contribution in [0.15, 0.2) is 0 Å². The smallest absolute Gasteiger partial charge is 0.220 e. The molecule has 0 fully saturated rings. The molecule has 0 aliphatic heterocycles. The Labute approximate surface area is 79.5 Å². The Morgan fingerprint density at radius 1 is 1.54 bits per heavy atom. The average molecular weight is 188 g/mol. The van der Waals surface area contributed by atoms with Gasteiger partial charge in [-0.2, -0.15) is 0 Å². The summed E-state index contributed by atoms with van der Waals surface area (Å²) in [5.41, 5.74) is 5.38. The molecule has 0 bridgehead atoms. The second kappa shape index (κ2) is 8.01. The molecule has 0 saturated carbocycles. The highest BCUT2D eigenvalue weighted by Crippen LogP contribution is 2.08. The summed E-state index contributed by atoms with van der Waals surface area (Å²) < 4.78 is 0. The maximum atomic E-state index is 11.1. The molecule has 0 spiro atoms. The van der Waals surface area contributed by atoms with Crippen molar-refractivity contribution in [2.75, 3.05) is 19.7 Å². The zero-order valence-corrected chi connectivity index (χ0v) is 8.25. The predicted molar refractivity (Wildman–Crippen MR) is 52.2 cm³/mol. The van der Waals surface area contributed by atoms with Gasteiger partial charge < -0.3 is 16.2 Å². The molecule has 0 rings (SSSR count). The fourth-order valence-electron chi connectivity index (χ4n) is 1.09. The number of amides is 1. The molecule has 0 saturated heterocycles. The molecule has 1 amide bonds. The third-order valence-electron chi connectivity index (χ3n) is 1.96. The zero-order valence-electron chi connectivity index (χ0n) is 8.25. The van der Waals surface area contributed by atoms with Gasteiger partial charge in [0.2, 0.25) is 5.91 Å². The molecule has 4 heteroatoms. The number of nitrogens with two attached hydrogens (primary N) is 1. The van der Waals surface area contributed by atoms with Gasteiger partial charge in [0.15, 0.2) is 0 Å². The number of aliphatic hydroxyl groups is 1. The van der Waals surface area contributed by atoms with Crippen LogP contribution in [0, 0.1) is 5.92 Å². The van der Waals surface area contributed by atoms with Gasteiger partial charge in [-0.05, 0) is 25.3 Å². The van der Waals surface area contributed by atoms with E-state index in [1.165, 1.54) is 0 Å². The molecule has 0 radical (unpaired) electrons. The van der Waals surface area contributed by atoms with Crippen molar-refractivity contribution >= 4 is 5.91 Å². The van der Waals surface area contributed by atoms with Crippen LogP contribution in [0.4, 0.5) is 0 Å². The second-order valence-electron chi connectivity index (χ2n) is 3.29. The molecule has 78 valence electrons. The molecule has 1 unspecified atom stereocenters. The molecular formula is C9H20N2O2. The summed E-state index contributed by atoms with van der Waals surface area (Å²) in [6.45, 7) is 3.12. The summed E-state index contributed by atoms with van der Waals surface area (Å²) in [5, 5.41) is 11.1. The van der Waals surface area contributed by atoms with Gasteiger partial charge in [-0.3, -0.25) is 4.79 Å². The summed E-state index contributed by atoms with van der Waals surface area (Å²) in [6.07, 6.45) is 2.36. The predicted octanol–water partition coefficient (Wildman–Crippen LogP) is -0.140. The number of carbonyl (C=O) groups excluding carboxylic acids is 1. The minimum atomic E-state index is 0.00406. The summed E-state index contributed by atoms with van der Waals surface area (Å²) in [5.74, 6) is 0.516. The van der Waals surface area contributed by atoms with Crippen LogP contribution in [-0.2, 0) is 4.79 Å². The summed E-state index contributed by atoms with van der Waals surface area (Å²) in [4.78, 5) is 11.1. The zero-order chi connectivity index (χ0) is 10.1. The minimum absolute atomic E-state index is 0.00406. The van der Waals surface area contributed by atoms with Crippen molar-refractivity contribution in [1.82, 2.24) is 5.32 Å². The van der Waals surface area contributed by atoms with Gasteiger partial charge in [0, 0.05) is 13.0 Å². The lowest BCUT2D eigenvalue weighted by Crippen LogP contribution is -2.26. The topological polar surface area (TPSA) is 75.4 Å². The lowest BCUT2D eigenvalue weighted by Gasteiger charge is -2.09. The van der Waals surface area contributed by atoms with E-state index in [9.17, 15) is 4.79 Å². The fourth-order valence-corrected chi connectivity index (χ4v) is 1.09. The minimum Gasteiger partial charge on any atom is -0.395 e. The van der Waals surface area contributed by atoms with Crippen molar-refractivity contribution in [2.24, 2.45) is 11.7 Å². The van der Waals surface area contributed by atoms with Crippen LogP contribution in [0.5, 0.6) is 0 Å². The van der Waals surface area contributed by atoms with Crippen molar-refractivity contribution in [3.63, 3.8) is 0 Å². The van der Waals surface area contributed by atoms with Crippen molar-refractivity contribution in [1.29, 1.82) is 0 Å². The lowest BCUT2D eigenvalue weighted by molar-refractivity contribution is -0.121. The van der Waals surface area contributed by atoms with Crippen molar-refractivity contribution in [3.05, 3.63) is 0 Å². The number of hydrogen-bond donors (Lipinski definition) is 3. The Morgan fingerprint density at radius 3 is 2.77 bits per heavy atom. The molecule has 0 aliphatic rings. The second-order valence-corrected chi connectivity index (χ2v) is 3.29. The van der Waals surface area contributed by atoms with Gasteiger partial charge in [0.25, 0.3) is 0 Å². The van der Waals surface area contributed by atoms with Crippen LogP contribution in [-0.4, -0.2) is 30.7 Å². The maximum Gasteiger partial charge on any atom is 0.220 e. The van der Waals surface area contributed by atoms with Crippen molar-refractivity contribution in [2.45, 2.75) is 26.2 Å². The van der Waals surface area contributed by atoms with Crippen LogP contribution in [0.1, 0.15) is 26.2 Å². The third-order valence-corrected chi connectivity index (χ3v) is 1.96. The number of aliphatic hydroxyl groups excluding tert-OH is 1. The first-order chi connectivity index (χ1) is 6.20. The van der Waals surface area contributed by atoms with Gasteiger partial charge in [-0.15, -0.1) is 0 Å². The molecule has 1 atom stereocenters. The van der Waals surface area contributed by atoms with E-state index in [0.717, 1.165) is 12.8 Å².